The van der Waals surface area contributed by atoms with Gasteiger partial charge in [0.25, 0.3) is 0 Å². The highest BCUT2D eigenvalue weighted by molar-refractivity contribution is 7.90. The predicted octanol–water partition coefficient (Wildman–Crippen LogP) is 3.78. The number of amides is 2. The number of benzene rings is 1. The zero-order valence-corrected chi connectivity index (χ0v) is 23.9. The normalized spacial score (nSPS) is 26.3. The minimum atomic E-state index is -3.77. The standard InChI is InChI=1S/C29H36N4O6S/c1-5-19-15-29(19,26(35)32-40(37,38)21-10-11-21)16-24(34)23-14-20(17-33(23)27(36)39-28(2,3)4)31-25-22-9-7-6-8-18(22)12-13-30-25/h5-9,12-13,19-21,23H,1,10-11,14-17H2,2-4H3,(H,30,31)(H,32,35)/t19?,20-,23+,29-/m1/s1. The fraction of sp³-hybridized carbons (Fsp3) is 0.517. The van der Waals surface area contributed by atoms with Gasteiger partial charge in [-0.15, -0.1) is 6.58 Å². The number of allylic oxidation sites excluding steroid dienone is 1. The predicted molar refractivity (Wildman–Crippen MR) is 151 cm³/mol. The highest BCUT2D eigenvalue weighted by Crippen LogP contribution is 2.57. The average Bonchev–Trinajstić information content (AvgIpc) is 3.80. The second-order valence-corrected chi connectivity index (χ2v) is 14.1. The summed E-state index contributed by atoms with van der Waals surface area (Å²) in [5.41, 5.74) is -1.96. The molecule has 1 aromatic carbocycles. The number of fused-ring (bicyclic) bond motifs is 1. The third kappa shape index (κ3) is 5.70. The van der Waals surface area contributed by atoms with Crippen LogP contribution in [0.15, 0.2) is 49.2 Å². The first-order chi connectivity index (χ1) is 18.8. The fourth-order valence-electron chi connectivity index (χ4n) is 5.50. The molecule has 2 aliphatic carbocycles. The molecule has 2 N–H and O–H groups in total. The number of rotatable bonds is 9. The van der Waals surface area contributed by atoms with Crippen LogP contribution in [0.5, 0.6) is 0 Å². The summed E-state index contributed by atoms with van der Waals surface area (Å²) >= 11 is 0. The average molecular weight is 569 g/mol. The molecular weight excluding hydrogens is 532 g/mol. The van der Waals surface area contributed by atoms with Gasteiger partial charge in [-0.2, -0.15) is 0 Å². The number of carbonyl (C=O) groups excluding carboxylic acids is 3. The lowest BCUT2D eigenvalue weighted by molar-refractivity contribution is -0.131. The van der Waals surface area contributed by atoms with Gasteiger partial charge in [0.2, 0.25) is 15.9 Å². The lowest BCUT2D eigenvalue weighted by Gasteiger charge is -2.28. The van der Waals surface area contributed by atoms with E-state index in [1.54, 1.807) is 33.0 Å². The number of pyridine rings is 1. The van der Waals surface area contributed by atoms with Crippen LogP contribution in [-0.4, -0.2) is 65.6 Å². The van der Waals surface area contributed by atoms with Crippen molar-refractivity contribution in [3.63, 3.8) is 0 Å². The first-order valence-electron chi connectivity index (χ1n) is 13.6. The van der Waals surface area contributed by atoms with Gasteiger partial charge >= 0.3 is 6.09 Å². The molecule has 11 heteroatoms. The zero-order chi connectivity index (χ0) is 28.9. The molecule has 1 aromatic heterocycles. The van der Waals surface area contributed by atoms with Crippen LogP contribution in [0.1, 0.15) is 52.9 Å². The number of likely N-dealkylation sites (tertiary alicyclic amines) is 1. The maximum atomic E-state index is 13.8. The molecule has 40 heavy (non-hydrogen) atoms. The third-order valence-corrected chi connectivity index (χ3v) is 9.69. The summed E-state index contributed by atoms with van der Waals surface area (Å²) in [6.45, 7) is 9.25. The maximum Gasteiger partial charge on any atom is 0.410 e. The SMILES string of the molecule is C=CC1C[C@]1(CC(=O)[C@@H]1C[C@@H](Nc2nccc3ccccc23)CN1C(=O)OC(C)(C)C)C(=O)NS(=O)(=O)C1CC1. The summed E-state index contributed by atoms with van der Waals surface area (Å²) in [5.74, 6) is -0.662. The number of Topliss-reactive ketones (excluding diaryl/α,β-unsaturated/α-hetero) is 1. The molecule has 5 rings (SSSR count). The van der Waals surface area contributed by atoms with Gasteiger partial charge < -0.3 is 10.1 Å². The topological polar surface area (TPSA) is 135 Å². The Kier molecular flexibility index (Phi) is 7.14. The highest BCUT2D eigenvalue weighted by atomic mass is 32.2. The molecule has 0 spiro atoms. The van der Waals surface area contributed by atoms with Crippen molar-refractivity contribution in [1.82, 2.24) is 14.6 Å². The Bertz CT molecular complexity index is 1460. The Morgan fingerprint density at radius 2 is 1.93 bits per heavy atom. The van der Waals surface area contributed by atoms with Crippen LogP contribution in [0.3, 0.4) is 0 Å². The Balaban J connectivity index is 1.37. The van der Waals surface area contributed by atoms with Gasteiger partial charge in [-0.25, -0.2) is 18.2 Å². The molecule has 4 atom stereocenters. The molecular formula is C29H36N4O6S. The van der Waals surface area contributed by atoms with Crippen molar-refractivity contribution in [2.45, 2.75) is 75.8 Å². The van der Waals surface area contributed by atoms with Crippen molar-refractivity contribution in [3.8, 4) is 0 Å². The molecule has 1 unspecified atom stereocenters. The quantitative estimate of drug-likeness (QED) is 0.437. The van der Waals surface area contributed by atoms with E-state index < -0.39 is 44.3 Å². The monoisotopic (exact) mass is 568 g/mol. The number of anilines is 1. The molecule has 3 fully saturated rings. The summed E-state index contributed by atoms with van der Waals surface area (Å²) in [7, 11) is -3.77. The Morgan fingerprint density at radius 3 is 2.58 bits per heavy atom. The number of ether oxygens (including phenoxy) is 1. The first-order valence-corrected chi connectivity index (χ1v) is 15.2. The van der Waals surface area contributed by atoms with E-state index in [1.165, 1.54) is 4.90 Å². The van der Waals surface area contributed by atoms with E-state index in [1.807, 2.05) is 30.3 Å². The van der Waals surface area contributed by atoms with Crippen LogP contribution < -0.4 is 10.0 Å². The molecule has 2 heterocycles. The Morgan fingerprint density at radius 1 is 1.20 bits per heavy atom. The van der Waals surface area contributed by atoms with Gasteiger partial charge in [0, 0.05) is 30.6 Å². The van der Waals surface area contributed by atoms with Gasteiger partial charge in [0.1, 0.15) is 11.4 Å². The number of aromatic nitrogens is 1. The van der Waals surface area contributed by atoms with E-state index in [9.17, 15) is 22.8 Å². The van der Waals surface area contributed by atoms with Crippen LogP contribution in [0.2, 0.25) is 0 Å². The number of sulfonamides is 1. The molecule has 1 aliphatic heterocycles. The smallest absolute Gasteiger partial charge is 0.410 e. The van der Waals surface area contributed by atoms with Gasteiger partial charge in [-0.1, -0.05) is 30.3 Å². The number of carbonyl (C=O) groups is 3. The third-order valence-electron chi connectivity index (χ3n) is 7.87. The van der Waals surface area contributed by atoms with Crippen LogP contribution in [0.25, 0.3) is 10.8 Å². The van der Waals surface area contributed by atoms with E-state index in [-0.39, 0.29) is 30.7 Å². The van der Waals surface area contributed by atoms with Crippen LogP contribution >= 0.6 is 0 Å². The second kappa shape index (κ2) is 10.2. The summed E-state index contributed by atoms with van der Waals surface area (Å²) in [5, 5.41) is 4.77. The van der Waals surface area contributed by atoms with E-state index in [4.69, 9.17) is 4.74 Å². The second-order valence-electron chi connectivity index (χ2n) is 12.1. The van der Waals surface area contributed by atoms with Crippen molar-refractivity contribution >= 4 is 44.4 Å². The van der Waals surface area contributed by atoms with Crippen LogP contribution in [-0.2, 0) is 24.3 Å². The molecule has 3 aliphatic rings. The minimum Gasteiger partial charge on any atom is -0.444 e. The van der Waals surface area contributed by atoms with Crippen molar-refractivity contribution in [2.75, 3.05) is 11.9 Å². The minimum absolute atomic E-state index is 0.196. The largest absolute Gasteiger partial charge is 0.444 e. The summed E-state index contributed by atoms with van der Waals surface area (Å²) in [6, 6.07) is 8.56. The van der Waals surface area contributed by atoms with E-state index in [0.717, 1.165) is 10.8 Å². The molecule has 1 saturated heterocycles. The maximum absolute atomic E-state index is 13.8. The summed E-state index contributed by atoms with van der Waals surface area (Å²) < 4.78 is 32.8. The van der Waals surface area contributed by atoms with Crippen LogP contribution in [0.4, 0.5) is 10.6 Å². The van der Waals surface area contributed by atoms with E-state index >= 15 is 0 Å². The number of hydrogen-bond acceptors (Lipinski definition) is 8. The van der Waals surface area contributed by atoms with Gasteiger partial charge in [-0.05, 0) is 63.8 Å². The summed E-state index contributed by atoms with van der Waals surface area (Å²) in [6.07, 6.45) is 4.14. The van der Waals surface area contributed by atoms with E-state index in [0.29, 0.717) is 31.5 Å². The number of hydrogen-bond donors (Lipinski definition) is 2. The molecule has 0 bridgehead atoms. The lowest BCUT2D eigenvalue weighted by atomic mass is 9.91. The summed E-state index contributed by atoms with van der Waals surface area (Å²) in [4.78, 5) is 46.1. The van der Waals surface area contributed by atoms with Gasteiger partial charge in [0.15, 0.2) is 5.78 Å². The zero-order valence-electron chi connectivity index (χ0n) is 23.1. The molecule has 2 aromatic rings. The van der Waals surface area contributed by atoms with Crippen LogP contribution in [0, 0.1) is 11.3 Å². The number of nitrogens with one attached hydrogen (secondary N) is 2. The van der Waals surface area contributed by atoms with Crippen molar-refractivity contribution in [2.24, 2.45) is 11.3 Å². The lowest BCUT2D eigenvalue weighted by Crippen LogP contribution is -2.46. The molecule has 2 saturated carbocycles. The number of ketones is 1. The van der Waals surface area contributed by atoms with Crippen molar-refractivity contribution in [1.29, 1.82) is 0 Å². The molecule has 2 amide bonds. The molecule has 10 nitrogen and oxygen atoms in total. The van der Waals surface area contributed by atoms with Crippen molar-refractivity contribution < 1.29 is 27.5 Å². The molecule has 214 valence electrons. The van der Waals surface area contributed by atoms with E-state index in [2.05, 4.69) is 21.6 Å². The Labute approximate surface area is 234 Å². The molecule has 0 radical (unpaired) electrons. The van der Waals surface area contributed by atoms with Gasteiger partial charge in [0.05, 0.1) is 16.7 Å². The number of nitrogens with zero attached hydrogens (tertiary/aromatic N) is 2. The Hall–Kier alpha value is -3.47. The fourth-order valence-corrected chi connectivity index (χ4v) is 6.89. The van der Waals surface area contributed by atoms with Gasteiger partial charge in [-0.3, -0.25) is 19.2 Å². The first kappa shape index (κ1) is 28.1. The van der Waals surface area contributed by atoms with Crippen molar-refractivity contribution in [3.05, 3.63) is 49.2 Å². The highest BCUT2D eigenvalue weighted by Gasteiger charge is 2.61.